The fourth-order valence-corrected chi connectivity index (χ4v) is 5.62. The first kappa shape index (κ1) is 21.5. The number of benzene rings is 3. The maximum Gasteiger partial charge on any atom is 0.200 e. The van der Waals surface area contributed by atoms with Crippen LogP contribution in [-0.2, 0) is 6.54 Å². The van der Waals surface area contributed by atoms with Crippen molar-refractivity contribution in [2.75, 3.05) is 20.2 Å². The summed E-state index contributed by atoms with van der Waals surface area (Å²) < 4.78 is 12.1. The average molecular weight is 474 g/mol. The summed E-state index contributed by atoms with van der Waals surface area (Å²) in [6, 6.07) is 25.0. The van der Waals surface area contributed by atoms with Crippen LogP contribution < -0.4 is 9.47 Å². The van der Waals surface area contributed by atoms with E-state index >= 15 is 0 Å². The van der Waals surface area contributed by atoms with Crippen LogP contribution in [0.15, 0.2) is 77.9 Å². The van der Waals surface area contributed by atoms with E-state index in [2.05, 4.69) is 52.4 Å². The molecule has 0 unspecified atom stereocenters. The van der Waals surface area contributed by atoms with Gasteiger partial charge in [0.15, 0.2) is 0 Å². The molecule has 174 valence electrons. The van der Waals surface area contributed by atoms with Crippen LogP contribution in [0.4, 0.5) is 0 Å². The van der Waals surface area contributed by atoms with E-state index < -0.39 is 5.72 Å². The Labute approximate surface area is 205 Å². The number of hydrogen-bond acceptors (Lipinski definition) is 5. The van der Waals surface area contributed by atoms with Gasteiger partial charge in [0, 0.05) is 49.5 Å². The van der Waals surface area contributed by atoms with Crippen LogP contribution in [0.1, 0.15) is 42.0 Å². The molecule has 3 aliphatic heterocycles. The molecule has 1 spiro atoms. The second-order valence-corrected chi connectivity index (χ2v) is 9.77. The van der Waals surface area contributed by atoms with Gasteiger partial charge in [-0.25, -0.2) is 5.01 Å². The lowest BCUT2D eigenvalue weighted by Crippen LogP contribution is -2.59. The third kappa shape index (κ3) is 3.83. The van der Waals surface area contributed by atoms with Gasteiger partial charge in [-0.3, -0.25) is 4.90 Å². The number of piperidine rings is 1. The number of nitrogens with zero attached hydrogens (tertiary/aromatic N) is 3. The third-order valence-corrected chi connectivity index (χ3v) is 7.50. The minimum absolute atomic E-state index is 0.125. The predicted octanol–water partition coefficient (Wildman–Crippen LogP) is 5.88. The first-order valence-electron chi connectivity index (χ1n) is 11.9. The highest BCUT2D eigenvalue weighted by atomic mass is 35.5. The van der Waals surface area contributed by atoms with Crippen molar-refractivity contribution in [3.05, 3.63) is 94.5 Å². The molecule has 3 aliphatic rings. The van der Waals surface area contributed by atoms with Crippen molar-refractivity contribution in [2.45, 2.75) is 37.6 Å². The molecule has 0 amide bonds. The molecule has 0 aliphatic carbocycles. The summed E-state index contributed by atoms with van der Waals surface area (Å²) >= 11 is 6.40. The molecular formula is C28H28ClN3O2. The van der Waals surface area contributed by atoms with E-state index in [-0.39, 0.29) is 6.04 Å². The lowest BCUT2D eigenvalue weighted by Gasteiger charge is -2.51. The van der Waals surface area contributed by atoms with Crippen molar-refractivity contribution >= 4 is 17.3 Å². The van der Waals surface area contributed by atoms with Crippen molar-refractivity contribution < 1.29 is 9.47 Å². The zero-order valence-electron chi connectivity index (χ0n) is 19.3. The molecule has 3 aromatic rings. The van der Waals surface area contributed by atoms with Crippen molar-refractivity contribution in [2.24, 2.45) is 5.10 Å². The highest BCUT2D eigenvalue weighted by Crippen LogP contribution is 2.50. The number of rotatable bonds is 4. The topological polar surface area (TPSA) is 37.3 Å². The molecule has 0 saturated carbocycles. The van der Waals surface area contributed by atoms with Gasteiger partial charge < -0.3 is 9.47 Å². The van der Waals surface area contributed by atoms with Gasteiger partial charge in [0.2, 0.25) is 5.72 Å². The van der Waals surface area contributed by atoms with Crippen LogP contribution >= 0.6 is 11.6 Å². The fourth-order valence-electron chi connectivity index (χ4n) is 5.44. The van der Waals surface area contributed by atoms with Crippen molar-refractivity contribution in [3.8, 4) is 11.5 Å². The van der Waals surface area contributed by atoms with Gasteiger partial charge >= 0.3 is 0 Å². The van der Waals surface area contributed by atoms with E-state index in [0.717, 1.165) is 72.3 Å². The zero-order valence-corrected chi connectivity index (χ0v) is 20.0. The van der Waals surface area contributed by atoms with Gasteiger partial charge in [-0.2, -0.15) is 5.10 Å². The summed E-state index contributed by atoms with van der Waals surface area (Å²) in [4.78, 5) is 2.51. The minimum atomic E-state index is -0.438. The van der Waals surface area contributed by atoms with Crippen LogP contribution in [0.3, 0.4) is 0 Å². The molecular weight excluding hydrogens is 446 g/mol. The second-order valence-electron chi connectivity index (χ2n) is 9.33. The van der Waals surface area contributed by atoms with Crippen molar-refractivity contribution in [1.82, 2.24) is 9.91 Å². The maximum absolute atomic E-state index is 6.76. The zero-order chi connectivity index (χ0) is 23.1. The Kier molecular flexibility index (Phi) is 5.47. The maximum atomic E-state index is 6.76. The fraction of sp³-hybridized carbons (Fsp3) is 0.321. The molecule has 1 atom stereocenters. The third-order valence-electron chi connectivity index (χ3n) is 7.27. The molecule has 3 heterocycles. The highest BCUT2D eigenvalue weighted by Gasteiger charge is 2.51. The number of ether oxygens (including phenoxy) is 2. The van der Waals surface area contributed by atoms with Crippen LogP contribution in [0.2, 0.25) is 5.02 Å². The standard InChI is InChI=1S/C28H28ClN3O2/c1-33-23-10-7-21(8-11-23)25-18-26-24-17-22(29)9-12-27(24)34-28(32(26)30-25)13-15-31(16-14-28)19-20-5-3-2-4-6-20/h2-12,17,26H,13-16,18-19H2,1H3/t26-/m1/s1. The second kappa shape index (κ2) is 8.64. The molecule has 1 fully saturated rings. The molecule has 6 heteroatoms. The van der Waals surface area contributed by atoms with Crippen LogP contribution in [0, 0.1) is 0 Å². The van der Waals surface area contributed by atoms with Crippen LogP contribution in [-0.4, -0.2) is 41.5 Å². The molecule has 3 aromatic carbocycles. The van der Waals surface area contributed by atoms with E-state index in [0.29, 0.717) is 0 Å². The van der Waals surface area contributed by atoms with Gasteiger partial charge in [-0.1, -0.05) is 41.9 Å². The largest absolute Gasteiger partial charge is 0.497 e. The predicted molar refractivity (Wildman–Crippen MR) is 134 cm³/mol. The lowest BCUT2D eigenvalue weighted by atomic mass is 9.90. The van der Waals surface area contributed by atoms with Gasteiger partial charge in [-0.15, -0.1) is 0 Å². The van der Waals surface area contributed by atoms with E-state index in [1.165, 1.54) is 5.56 Å². The minimum Gasteiger partial charge on any atom is -0.497 e. The Hall–Kier alpha value is -3.02. The summed E-state index contributed by atoms with van der Waals surface area (Å²) in [5.41, 5.74) is 4.23. The Morgan fingerprint density at radius 2 is 1.79 bits per heavy atom. The van der Waals surface area contributed by atoms with Gasteiger partial charge in [0.05, 0.1) is 18.9 Å². The van der Waals surface area contributed by atoms with E-state index in [9.17, 15) is 0 Å². The van der Waals surface area contributed by atoms with E-state index in [1.54, 1.807) is 7.11 Å². The smallest absolute Gasteiger partial charge is 0.200 e. The van der Waals surface area contributed by atoms with Gasteiger partial charge in [-0.05, 0) is 53.6 Å². The van der Waals surface area contributed by atoms with Crippen LogP contribution in [0.5, 0.6) is 11.5 Å². The molecule has 0 aromatic heterocycles. The molecule has 5 nitrogen and oxygen atoms in total. The molecule has 1 saturated heterocycles. The van der Waals surface area contributed by atoms with Crippen molar-refractivity contribution in [1.29, 1.82) is 0 Å². The summed E-state index contributed by atoms with van der Waals surface area (Å²) in [5, 5.41) is 8.14. The molecule has 0 bridgehead atoms. The Morgan fingerprint density at radius 1 is 1.03 bits per heavy atom. The quantitative estimate of drug-likeness (QED) is 0.474. The number of likely N-dealkylation sites (tertiary alicyclic amines) is 1. The number of hydrazone groups is 1. The van der Waals surface area contributed by atoms with Gasteiger partial charge in [0.25, 0.3) is 0 Å². The highest BCUT2D eigenvalue weighted by molar-refractivity contribution is 6.30. The molecule has 34 heavy (non-hydrogen) atoms. The summed E-state index contributed by atoms with van der Waals surface area (Å²) in [6.07, 6.45) is 2.63. The van der Waals surface area contributed by atoms with Crippen molar-refractivity contribution in [3.63, 3.8) is 0 Å². The number of hydrogen-bond donors (Lipinski definition) is 0. The molecule has 0 radical (unpaired) electrons. The SMILES string of the molecule is COc1ccc(C2=NN3[C@H](C2)c2cc(Cl)ccc2OC32CCN(Cc3ccccc3)CC2)cc1. The molecule has 0 N–H and O–H groups in total. The Morgan fingerprint density at radius 3 is 2.53 bits per heavy atom. The van der Waals surface area contributed by atoms with E-state index in [1.807, 2.05) is 30.3 Å². The first-order chi connectivity index (χ1) is 16.6. The number of fused-ring (bicyclic) bond motifs is 4. The summed E-state index contributed by atoms with van der Waals surface area (Å²) in [6.45, 7) is 2.90. The summed E-state index contributed by atoms with van der Waals surface area (Å²) in [5.74, 6) is 1.79. The van der Waals surface area contributed by atoms with Crippen LogP contribution in [0.25, 0.3) is 0 Å². The monoisotopic (exact) mass is 473 g/mol. The molecule has 6 rings (SSSR count). The number of methoxy groups -OCH3 is 1. The lowest BCUT2D eigenvalue weighted by molar-refractivity contribution is -0.150. The first-order valence-corrected chi connectivity index (χ1v) is 12.3. The van der Waals surface area contributed by atoms with E-state index in [4.69, 9.17) is 26.2 Å². The Bertz CT molecular complexity index is 1200. The van der Waals surface area contributed by atoms with Gasteiger partial charge in [0.1, 0.15) is 11.5 Å². The number of halogens is 1. The normalized spacial score (nSPS) is 20.9. The Balaban J connectivity index is 1.30. The average Bonchev–Trinajstić information content (AvgIpc) is 3.34. The summed E-state index contributed by atoms with van der Waals surface area (Å²) in [7, 11) is 1.69.